The van der Waals surface area contributed by atoms with Crippen molar-refractivity contribution < 1.29 is 22.8 Å². The van der Waals surface area contributed by atoms with Crippen LogP contribution < -0.4 is 5.32 Å². The molecule has 0 aliphatic carbocycles. The molecule has 180 valence electrons. The third-order valence-corrected chi connectivity index (χ3v) is 4.70. The van der Waals surface area contributed by atoms with E-state index in [4.69, 9.17) is 16.4 Å². The van der Waals surface area contributed by atoms with Crippen LogP contribution in [0.4, 0.5) is 13.2 Å². The molecule has 0 saturated carbocycles. The lowest BCUT2D eigenvalue weighted by molar-refractivity contribution is -0.137. The topological polar surface area (TPSA) is 76.5 Å². The zero-order chi connectivity index (χ0) is 25.4. The Morgan fingerprint density at radius 1 is 1.14 bits per heavy atom. The molecule has 0 spiro atoms. The van der Waals surface area contributed by atoms with Crippen molar-refractivity contribution in [2.75, 3.05) is 6.54 Å². The Hall–Kier alpha value is -3.90. The van der Waals surface area contributed by atoms with Gasteiger partial charge < -0.3 is 10.2 Å². The quantitative estimate of drug-likeness (QED) is 0.290. The maximum Gasteiger partial charge on any atom is 0.417 e. The summed E-state index contributed by atoms with van der Waals surface area (Å²) in [6.45, 7) is 3.21. The van der Waals surface area contributed by atoms with E-state index >= 15 is 0 Å². The fourth-order valence-electron chi connectivity index (χ4n) is 2.81. The van der Waals surface area contributed by atoms with Crippen LogP contribution in [-0.2, 0) is 11.0 Å². The van der Waals surface area contributed by atoms with E-state index in [9.17, 15) is 18.0 Å². The van der Waals surface area contributed by atoms with Gasteiger partial charge in [0.05, 0.1) is 22.7 Å². The third-order valence-electron chi connectivity index (χ3n) is 4.41. The molecule has 0 aliphatic rings. The maximum absolute atomic E-state index is 13.3. The monoisotopic (exact) mass is 500 g/mol. The lowest BCUT2D eigenvalue weighted by Gasteiger charge is -2.14. The highest BCUT2D eigenvalue weighted by atomic mass is 35.5. The number of rotatable bonds is 6. The Morgan fingerprint density at radius 3 is 2.49 bits per heavy atom. The molecule has 1 amide bonds. The first-order chi connectivity index (χ1) is 16.6. The standard InChI is InChI=1S/C25H20ClF3N4O2/c1-16(2)35-33-22(15-32-24(34)19-5-3-4-6-20(19)25(27,28)29)23-21(26)13-18(14-31-23)8-7-17-9-11-30-12-10-17/h3-6,9-14,16H,15H2,1-2H3,(H,32,34). The van der Waals surface area contributed by atoms with Crippen LogP contribution in [0.2, 0.25) is 5.02 Å². The molecule has 0 aliphatic heterocycles. The highest BCUT2D eigenvalue weighted by molar-refractivity contribution is 6.34. The summed E-state index contributed by atoms with van der Waals surface area (Å²) in [5, 5.41) is 6.63. The Bertz CT molecular complexity index is 1280. The van der Waals surface area contributed by atoms with E-state index in [1.165, 1.54) is 18.3 Å². The second-order valence-corrected chi connectivity index (χ2v) is 7.87. The molecule has 1 N–H and O–H groups in total. The molecule has 0 fully saturated rings. The summed E-state index contributed by atoms with van der Waals surface area (Å²) in [6.07, 6.45) is -0.255. The van der Waals surface area contributed by atoms with Crippen LogP contribution >= 0.6 is 11.6 Å². The molecule has 3 rings (SSSR count). The SMILES string of the molecule is CC(C)ON=C(CNC(=O)c1ccccc1C(F)(F)F)c1ncc(C#Cc2ccncc2)cc1Cl. The fourth-order valence-corrected chi connectivity index (χ4v) is 3.09. The molecule has 1 aromatic carbocycles. The molecule has 2 aromatic heterocycles. The van der Waals surface area contributed by atoms with Gasteiger partial charge in [-0.1, -0.05) is 40.7 Å². The summed E-state index contributed by atoms with van der Waals surface area (Å²) in [4.78, 5) is 26.1. The number of benzene rings is 1. The number of halogens is 4. The van der Waals surface area contributed by atoms with Gasteiger partial charge in [-0.25, -0.2) is 0 Å². The van der Waals surface area contributed by atoms with Gasteiger partial charge in [0.1, 0.15) is 17.5 Å². The fraction of sp³-hybridized carbons (Fsp3) is 0.200. The van der Waals surface area contributed by atoms with Crippen LogP contribution in [-0.4, -0.2) is 34.2 Å². The van der Waals surface area contributed by atoms with Crippen LogP contribution in [0.1, 0.15) is 46.6 Å². The molecule has 0 unspecified atom stereocenters. The molecule has 0 bridgehead atoms. The van der Waals surface area contributed by atoms with E-state index in [1.54, 1.807) is 44.4 Å². The first-order valence-electron chi connectivity index (χ1n) is 10.4. The molecule has 10 heteroatoms. The van der Waals surface area contributed by atoms with Crippen molar-refractivity contribution in [2.24, 2.45) is 5.16 Å². The summed E-state index contributed by atoms with van der Waals surface area (Å²) in [5.74, 6) is 4.97. The number of hydrogen-bond donors (Lipinski definition) is 1. The van der Waals surface area contributed by atoms with E-state index in [-0.39, 0.29) is 29.1 Å². The number of aromatic nitrogens is 2. The summed E-state index contributed by atoms with van der Waals surface area (Å²) in [7, 11) is 0. The predicted octanol–water partition coefficient (Wildman–Crippen LogP) is 5.11. The van der Waals surface area contributed by atoms with Gasteiger partial charge in [0.15, 0.2) is 0 Å². The zero-order valence-corrected chi connectivity index (χ0v) is 19.5. The van der Waals surface area contributed by atoms with Gasteiger partial charge in [0.25, 0.3) is 5.91 Å². The number of alkyl halides is 3. The Balaban J connectivity index is 1.83. The maximum atomic E-state index is 13.3. The van der Waals surface area contributed by atoms with E-state index in [1.807, 2.05) is 0 Å². The van der Waals surface area contributed by atoms with Gasteiger partial charge in [0, 0.05) is 29.7 Å². The highest BCUT2D eigenvalue weighted by Crippen LogP contribution is 2.31. The number of oxime groups is 1. The van der Waals surface area contributed by atoms with Crippen molar-refractivity contribution in [3.8, 4) is 11.8 Å². The number of carbonyl (C=O) groups excluding carboxylic acids is 1. The Labute approximate surface area is 205 Å². The van der Waals surface area contributed by atoms with Crippen molar-refractivity contribution >= 4 is 23.2 Å². The van der Waals surface area contributed by atoms with E-state index in [0.29, 0.717) is 5.56 Å². The van der Waals surface area contributed by atoms with Crippen molar-refractivity contribution in [2.45, 2.75) is 26.1 Å². The highest BCUT2D eigenvalue weighted by Gasteiger charge is 2.34. The van der Waals surface area contributed by atoms with Gasteiger partial charge in [-0.15, -0.1) is 0 Å². The second-order valence-electron chi connectivity index (χ2n) is 7.46. The smallest absolute Gasteiger partial charge is 0.393 e. The van der Waals surface area contributed by atoms with Gasteiger partial charge in [-0.2, -0.15) is 13.2 Å². The number of amides is 1. The van der Waals surface area contributed by atoms with Gasteiger partial charge in [-0.3, -0.25) is 14.8 Å². The van der Waals surface area contributed by atoms with Gasteiger partial charge in [0.2, 0.25) is 0 Å². The molecule has 0 atom stereocenters. The zero-order valence-electron chi connectivity index (χ0n) is 18.7. The average molecular weight is 501 g/mol. The van der Waals surface area contributed by atoms with Crippen molar-refractivity contribution in [1.29, 1.82) is 0 Å². The minimum Gasteiger partial charge on any atom is -0.393 e. The lowest BCUT2D eigenvalue weighted by Crippen LogP contribution is -2.32. The molecular formula is C25H20ClF3N4O2. The van der Waals surface area contributed by atoms with E-state index in [2.05, 4.69) is 32.3 Å². The van der Waals surface area contributed by atoms with E-state index in [0.717, 1.165) is 17.7 Å². The number of pyridine rings is 2. The van der Waals surface area contributed by atoms with Crippen molar-refractivity contribution in [3.63, 3.8) is 0 Å². The molecular weight excluding hydrogens is 481 g/mol. The first kappa shape index (κ1) is 25.7. The predicted molar refractivity (Wildman–Crippen MR) is 126 cm³/mol. The molecule has 3 aromatic rings. The molecule has 2 heterocycles. The number of carbonyl (C=O) groups is 1. The lowest BCUT2D eigenvalue weighted by atomic mass is 10.1. The Morgan fingerprint density at radius 2 is 1.83 bits per heavy atom. The van der Waals surface area contributed by atoms with Crippen LogP contribution in [0.15, 0.2) is 66.2 Å². The summed E-state index contributed by atoms with van der Waals surface area (Å²) in [6, 6.07) is 9.59. The molecule has 0 saturated heterocycles. The summed E-state index contributed by atoms with van der Waals surface area (Å²) >= 11 is 6.40. The number of hydrogen-bond acceptors (Lipinski definition) is 5. The van der Waals surface area contributed by atoms with Crippen LogP contribution in [0.5, 0.6) is 0 Å². The Kier molecular flexibility index (Phi) is 8.44. The molecule has 35 heavy (non-hydrogen) atoms. The number of nitrogens with one attached hydrogen (secondary N) is 1. The van der Waals surface area contributed by atoms with Crippen LogP contribution in [0.3, 0.4) is 0 Å². The summed E-state index contributed by atoms with van der Waals surface area (Å²) in [5.41, 5.74) is 0.0754. The number of nitrogens with zero attached hydrogens (tertiary/aromatic N) is 3. The minimum absolute atomic E-state index is 0.134. The minimum atomic E-state index is -4.68. The normalized spacial score (nSPS) is 11.6. The second kappa shape index (κ2) is 11.5. The molecule has 6 nitrogen and oxygen atoms in total. The average Bonchev–Trinajstić information content (AvgIpc) is 2.83. The van der Waals surface area contributed by atoms with E-state index < -0.39 is 23.2 Å². The van der Waals surface area contributed by atoms with Crippen molar-refractivity contribution in [1.82, 2.24) is 15.3 Å². The third kappa shape index (κ3) is 7.29. The van der Waals surface area contributed by atoms with Crippen LogP contribution in [0.25, 0.3) is 0 Å². The largest absolute Gasteiger partial charge is 0.417 e. The summed E-state index contributed by atoms with van der Waals surface area (Å²) < 4.78 is 39.8. The van der Waals surface area contributed by atoms with Gasteiger partial charge >= 0.3 is 6.18 Å². The molecule has 0 radical (unpaired) electrons. The van der Waals surface area contributed by atoms with Gasteiger partial charge in [-0.05, 0) is 44.2 Å². The van der Waals surface area contributed by atoms with Crippen LogP contribution in [0, 0.1) is 11.8 Å². The van der Waals surface area contributed by atoms with Crippen molar-refractivity contribution in [3.05, 3.63) is 94.0 Å². The first-order valence-corrected chi connectivity index (χ1v) is 10.8.